The van der Waals surface area contributed by atoms with Gasteiger partial charge >= 0.3 is 7.12 Å². The van der Waals surface area contributed by atoms with E-state index in [1.165, 1.54) is 6.07 Å². The quantitative estimate of drug-likeness (QED) is 0.139. The number of methoxy groups -OCH3 is 1. The lowest BCUT2D eigenvalue weighted by Crippen LogP contribution is -2.32. The summed E-state index contributed by atoms with van der Waals surface area (Å²) in [5, 5.41) is 33.8. The summed E-state index contributed by atoms with van der Waals surface area (Å²) in [5.41, 5.74) is 3.84. The number of aryl methyl sites for hydroxylation is 1. The van der Waals surface area contributed by atoms with E-state index in [-0.39, 0.29) is 23.7 Å². The molecule has 2 amide bonds. The van der Waals surface area contributed by atoms with Crippen LogP contribution in [0.25, 0.3) is 5.69 Å². The highest BCUT2D eigenvalue weighted by atomic mass is 35.5. The standard InChI is InChI=1S/C32H34BClN6O5/c1-20-38-39-31-27(19-29(41)35-15-4-3-5-16-36-32(42)22-7-6-8-23(17-22)33(43)44)37-30(21-9-11-24(34)12-10-21)26-18-25(45-2)13-14-28(26)40(20)31/h6-14,17-18,27,43-44H,3-5,15-16,19H2,1-2H3,(H,35,41)(H,36,42)/t27-/m0/s1. The largest absolute Gasteiger partial charge is 0.497 e. The molecule has 4 N–H and O–H groups in total. The van der Waals surface area contributed by atoms with Gasteiger partial charge in [0, 0.05) is 34.8 Å². The number of unbranched alkanes of at least 4 members (excludes halogenated alkanes) is 2. The molecule has 2 heterocycles. The van der Waals surface area contributed by atoms with Crippen molar-refractivity contribution in [2.45, 2.75) is 38.6 Å². The number of halogens is 1. The van der Waals surface area contributed by atoms with Gasteiger partial charge in [-0.1, -0.05) is 35.9 Å². The SMILES string of the molecule is COc1ccc2c(c1)C(c1ccc(Cl)cc1)=N[C@@H](CC(=O)NCCCCCNC(=O)c1cccc(B(O)O)c1)c1nnc(C)n1-2. The lowest BCUT2D eigenvalue weighted by Gasteiger charge is -2.14. The van der Waals surface area contributed by atoms with Crippen LogP contribution in [0.4, 0.5) is 0 Å². The monoisotopic (exact) mass is 628 g/mol. The van der Waals surface area contributed by atoms with Crippen molar-refractivity contribution in [1.29, 1.82) is 0 Å². The molecule has 0 radical (unpaired) electrons. The lowest BCUT2D eigenvalue weighted by atomic mass is 9.79. The normalized spacial score (nSPS) is 13.6. The Morgan fingerprint density at radius 1 is 0.978 bits per heavy atom. The van der Waals surface area contributed by atoms with Gasteiger partial charge in [-0.05, 0) is 74.1 Å². The molecule has 13 heteroatoms. The molecule has 5 rings (SSSR count). The van der Waals surface area contributed by atoms with Gasteiger partial charge in [-0.2, -0.15) is 0 Å². The molecule has 0 fully saturated rings. The average Bonchev–Trinajstić information content (AvgIpc) is 3.37. The van der Waals surface area contributed by atoms with Crippen LogP contribution in [0.5, 0.6) is 5.75 Å². The minimum Gasteiger partial charge on any atom is -0.497 e. The molecule has 0 aliphatic carbocycles. The zero-order chi connectivity index (χ0) is 31.9. The number of carbonyl (C=O) groups is 2. The first kappa shape index (κ1) is 31.9. The highest BCUT2D eigenvalue weighted by Crippen LogP contribution is 2.34. The van der Waals surface area contributed by atoms with Crippen molar-refractivity contribution in [2.75, 3.05) is 20.2 Å². The lowest BCUT2D eigenvalue weighted by molar-refractivity contribution is -0.121. The number of aromatic nitrogens is 3. The number of rotatable bonds is 12. The van der Waals surface area contributed by atoms with Crippen LogP contribution >= 0.6 is 11.6 Å². The number of benzene rings is 3. The molecule has 232 valence electrons. The molecule has 0 spiro atoms. The molecule has 1 aromatic heterocycles. The summed E-state index contributed by atoms with van der Waals surface area (Å²) in [6, 6.07) is 18.8. The van der Waals surface area contributed by atoms with Crippen LogP contribution in [0.1, 0.15) is 64.9 Å². The molecule has 0 saturated carbocycles. The number of amides is 2. The maximum absolute atomic E-state index is 13.1. The van der Waals surface area contributed by atoms with Crippen LogP contribution < -0.4 is 20.8 Å². The highest BCUT2D eigenvalue weighted by molar-refractivity contribution is 6.58. The van der Waals surface area contributed by atoms with Crippen LogP contribution in [0.15, 0.2) is 71.7 Å². The Labute approximate surface area is 266 Å². The summed E-state index contributed by atoms with van der Waals surface area (Å²) in [4.78, 5) is 30.6. The highest BCUT2D eigenvalue weighted by Gasteiger charge is 2.30. The topological polar surface area (TPSA) is 151 Å². The van der Waals surface area contributed by atoms with Crippen LogP contribution in [0.2, 0.25) is 5.02 Å². The van der Waals surface area contributed by atoms with E-state index in [4.69, 9.17) is 21.3 Å². The van der Waals surface area contributed by atoms with Crippen molar-refractivity contribution in [3.63, 3.8) is 0 Å². The maximum atomic E-state index is 13.1. The molecule has 4 aromatic rings. The Kier molecular flexibility index (Phi) is 10.3. The second kappa shape index (κ2) is 14.5. The molecule has 45 heavy (non-hydrogen) atoms. The molecule has 0 bridgehead atoms. The fourth-order valence-electron chi connectivity index (χ4n) is 5.22. The second-order valence-electron chi connectivity index (χ2n) is 10.7. The zero-order valence-corrected chi connectivity index (χ0v) is 25.8. The van der Waals surface area contributed by atoms with E-state index < -0.39 is 13.2 Å². The Morgan fingerprint density at radius 2 is 1.73 bits per heavy atom. The molecule has 1 aliphatic heterocycles. The van der Waals surface area contributed by atoms with Gasteiger partial charge < -0.3 is 25.4 Å². The molecule has 3 aromatic carbocycles. The number of ether oxygens (including phenoxy) is 1. The third-order valence-corrected chi connectivity index (χ3v) is 7.79. The summed E-state index contributed by atoms with van der Waals surface area (Å²) in [6.07, 6.45) is 2.34. The van der Waals surface area contributed by atoms with Crippen molar-refractivity contribution in [1.82, 2.24) is 25.4 Å². The van der Waals surface area contributed by atoms with Gasteiger partial charge in [0.15, 0.2) is 5.82 Å². The Hall–Kier alpha value is -4.52. The summed E-state index contributed by atoms with van der Waals surface area (Å²) in [7, 11) is -0.0160. The first-order valence-corrected chi connectivity index (χ1v) is 15.1. The zero-order valence-electron chi connectivity index (χ0n) is 25.0. The van der Waals surface area contributed by atoms with Crippen LogP contribution in [-0.2, 0) is 4.79 Å². The third kappa shape index (κ3) is 7.59. The van der Waals surface area contributed by atoms with Gasteiger partial charge in [0.25, 0.3) is 5.91 Å². The smallest absolute Gasteiger partial charge is 0.488 e. The van der Waals surface area contributed by atoms with E-state index in [0.717, 1.165) is 36.1 Å². The van der Waals surface area contributed by atoms with Crippen LogP contribution in [0.3, 0.4) is 0 Å². The Bertz CT molecular complexity index is 1710. The first-order chi connectivity index (χ1) is 21.7. The van der Waals surface area contributed by atoms with E-state index in [1.54, 1.807) is 25.3 Å². The number of nitrogens with one attached hydrogen (secondary N) is 2. The summed E-state index contributed by atoms with van der Waals surface area (Å²) >= 11 is 6.18. The van der Waals surface area contributed by atoms with Gasteiger partial charge in [-0.15, -0.1) is 10.2 Å². The van der Waals surface area contributed by atoms with E-state index in [2.05, 4.69) is 20.8 Å². The summed E-state index contributed by atoms with van der Waals surface area (Å²) in [6.45, 7) is 2.81. The van der Waals surface area contributed by atoms with E-state index >= 15 is 0 Å². The van der Waals surface area contributed by atoms with Gasteiger partial charge in [-0.25, -0.2) is 0 Å². The second-order valence-corrected chi connectivity index (χ2v) is 11.1. The molecule has 0 saturated heterocycles. The maximum Gasteiger partial charge on any atom is 0.488 e. The predicted molar refractivity (Wildman–Crippen MR) is 173 cm³/mol. The summed E-state index contributed by atoms with van der Waals surface area (Å²) < 4.78 is 7.46. The molecule has 1 aliphatic rings. The van der Waals surface area contributed by atoms with Gasteiger partial charge in [-0.3, -0.25) is 19.1 Å². The Morgan fingerprint density at radius 3 is 2.47 bits per heavy atom. The van der Waals surface area contributed by atoms with Crippen molar-refractivity contribution in [2.24, 2.45) is 4.99 Å². The summed E-state index contributed by atoms with van der Waals surface area (Å²) in [5.74, 6) is 1.49. The predicted octanol–water partition coefficient (Wildman–Crippen LogP) is 2.92. The number of fused-ring (bicyclic) bond motifs is 3. The van der Waals surface area contributed by atoms with Crippen LogP contribution in [0, 0.1) is 6.92 Å². The molecule has 0 unspecified atom stereocenters. The Balaban J connectivity index is 1.21. The molecule has 1 atom stereocenters. The molecular formula is C32H34BClN6O5. The number of hydrogen-bond donors (Lipinski definition) is 4. The number of nitrogens with zero attached hydrogens (tertiary/aromatic N) is 4. The van der Waals surface area contributed by atoms with E-state index in [0.29, 0.717) is 46.8 Å². The number of carbonyl (C=O) groups excluding carboxylic acids is 2. The van der Waals surface area contributed by atoms with Crippen LogP contribution in [-0.4, -0.2) is 69.7 Å². The number of hydrogen-bond acceptors (Lipinski definition) is 8. The van der Waals surface area contributed by atoms with Crippen molar-refractivity contribution in [3.8, 4) is 11.4 Å². The van der Waals surface area contributed by atoms with E-state index in [9.17, 15) is 19.6 Å². The van der Waals surface area contributed by atoms with Gasteiger partial charge in [0.1, 0.15) is 17.6 Å². The van der Waals surface area contributed by atoms with Gasteiger partial charge in [0.2, 0.25) is 5.91 Å². The molecule has 11 nitrogen and oxygen atoms in total. The first-order valence-electron chi connectivity index (χ1n) is 14.7. The minimum absolute atomic E-state index is 0.0814. The number of aliphatic imine (C=N–C) groups is 1. The van der Waals surface area contributed by atoms with Crippen molar-refractivity contribution >= 4 is 41.7 Å². The van der Waals surface area contributed by atoms with Gasteiger partial charge in [0.05, 0.1) is 24.9 Å². The van der Waals surface area contributed by atoms with E-state index in [1.807, 2.05) is 54.0 Å². The third-order valence-electron chi connectivity index (χ3n) is 7.54. The fraction of sp³-hybridized carbons (Fsp3) is 0.281. The van der Waals surface area contributed by atoms with Crippen molar-refractivity contribution in [3.05, 3.63) is 100 Å². The fourth-order valence-corrected chi connectivity index (χ4v) is 5.35. The van der Waals surface area contributed by atoms with Crippen molar-refractivity contribution < 1.29 is 24.4 Å². The minimum atomic E-state index is -1.63. The molecular weight excluding hydrogens is 595 g/mol. The average molecular weight is 629 g/mol.